The van der Waals surface area contributed by atoms with Gasteiger partial charge in [-0.1, -0.05) is 13.0 Å². The van der Waals surface area contributed by atoms with Gasteiger partial charge in [-0.05, 0) is 18.3 Å². The summed E-state index contributed by atoms with van der Waals surface area (Å²) in [6, 6.07) is 0. The third kappa shape index (κ3) is 1.55. The maximum atomic E-state index is 5.22. The minimum Gasteiger partial charge on any atom is -0.381 e. The van der Waals surface area contributed by atoms with Crippen LogP contribution in [0, 0.1) is 5.41 Å². The van der Waals surface area contributed by atoms with Crippen molar-refractivity contribution in [2.45, 2.75) is 19.8 Å². The molecule has 0 radical (unpaired) electrons. The van der Waals surface area contributed by atoms with Gasteiger partial charge in [0.2, 0.25) is 0 Å². The second-order valence-corrected chi connectivity index (χ2v) is 2.97. The lowest BCUT2D eigenvalue weighted by Gasteiger charge is -2.29. The first-order chi connectivity index (χ1) is 4.27. The lowest BCUT2D eigenvalue weighted by atomic mass is 9.83. The highest BCUT2D eigenvalue weighted by Gasteiger charge is 2.22. The number of hydrogen-bond donors (Lipinski definition) is 0. The van der Waals surface area contributed by atoms with Crippen molar-refractivity contribution in [3.63, 3.8) is 0 Å². The van der Waals surface area contributed by atoms with Crippen LogP contribution < -0.4 is 0 Å². The molecule has 0 amide bonds. The minimum atomic E-state index is 0.359. The Morgan fingerprint density at radius 3 is 2.33 bits per heavy atom. The first-order valence-corrected chi connectivity index (χ1v) is 3.48. The summed E-state index contributed by atoms with van der Waals surface area (Å²) in [7, 11) is 0. The molecule has 1 heterocycles. The second kappa shape index (κ2) is 2.53. The van der Waals surface area contributed by atoms with E-state index in [-0.39, 0.29) is 0 Å². The number of hydrogen-bond acceptors (Lipinski definition) is 1. The van der Waals surface area contributed by atoms with E-state index in [1.807, 2.05) is 0 Å². The summed E-state index contributed by atoms with van der Waals surface area (Å²) >= 11 is 0. The third-order valence-electron chi connectivity index (χ3n) is 2.13. The van der Waals surface area contributed by atoms with Crippen molar-refractivity contribution >= 4 is 0 Å². The Morgan fingerprint density at radius 1 is 1.44 bits per heavy atom. The summed E-state index contributed by atoms with van der Waals surface area (Å²) in [6.07, 6.45) is 4.32. The van der Waals surface area contributed by atoms with Gasteiger partial charge in [-0.25, -0.2) is 0 Å². The Kier molecular flexibility index (Phi) is 1.91. The Balaban J connectivity index is 2.46. The molecular formula is C8H14O. The van der Waals surface area contributed by atoms with Crippen LogP contribution in [0.2, 0.25) is 0 Å². The van der Waals surface area contributed by atoms with Crippen LogP contribution in [0.5, 0.6) is 0 Å². The lowest BCUT2D eigenvalue weighted by molar-refractivity contribution is 0.0451. The molecule has 0 spiro atoms. The molecule has 9 heavy (non-hydrogen) atoms. The maximum absolute atomic E-state index is 5.22. The molecule has 1 saturated heterocycles. The molecule has 0 aromatic carbocycles. The first kappa shape index (κ1) is 6.81. The molecule has 1 heteroatoms. The molecule has 0 aromatic heterocycles. The molecule has 0 bridgehead atoms. The molecule has 52 valence electrons. The predicted molar refractivity (Wildman–Crippen MR) is 38.4 cm³/mol. The number of ether oxygens (including phenoxy) is 1. The molecule has 1 rings (SSSR count). The van der Waals surface area contributed by atoms with Crippen molar-refractivity contribution in [2.24, 2.45) is 5.41 Å². The number of allylic oxidation sites excluding steroid dienone is 1. The van der Waals surface area contributed by atoms with E-state index in [2.05, 4.69) is 19.6 Å². The normalized spacial score (nSPS) is 25.4. The first-order valence-electron chi connectivity index (χ1n) is 3.48. The van der Waals surface area contributed by atoms with E-state index >= 15 is 0 Å². The van der Waals surface area contributed by atoms with E-state index in [1.54, 1.807) is 0 Å². The van der Waals surface area contributed by atoms with Crippen molar-refractivity contribution in [2.75, 3.05) is 13.2 Å². The second-order valence-electron chi connectivity index (χ2n) is 2.97. The fourth-order valence-electron chi connectivity index (χ4n) is 1.04. The Labute approximate surface area is 56.7 Å². The van der Waals surface area contributed by atoms with E-state index in [0.29, 0.717) is 5.41 Å². The van der Waals surface area contributed by atoms with Crippen LogP contribution >= 0.6 is 0 Å². The summed E-state index contributed by atoms with van der Waals surface area (Å²) in [5, 5.41) is 0. The molecule has 0 unspecified atom stereocenters. The van der Waals surface area contributed by atoms with Crippen molar-refractivity contribution in [1.29, 1.82) is 0 Å². The monoisotopic (exact) mass is 126 g/mol. The average molecular weight is 126 g/mol. The topological polar surface area (TPSA) is 9.23 Å². The SMILES string of the molecule is C=CC1(C)CCOCC1. The zero-order chi connectivity index (χ0) is 6.74. The van der Waals surface area contributed by atoms with Crippen LogP contribution in [0.25, 0.3) is 0 Å². The maximum Gasteiger partial charge on any atom is 0.0474 e. The van der Waals surface area contributed by atoms with Gasteiger partial charge in [0.15, 0.2) is 0 Å². The van der Waals surface area contributed by atoms with Crippen molar-refractivity contribution < 1.29 is 4.74 Å². The minimum absolute atomic E-state index is 0.359. The van der Waals surface area contributed by atoms with Crippen molar-refractivity contribution in [1.82, 2.24) is 0 Å². The van der Waals surface area contributed by atoms with Crippen LogP contribution in [0.3, 0.4) is 0 Å². The molecular weight excluding hydrogens is 112 g/mol. The average Bonchev–Trinajstić information content (AvgIpc) is 1.90. The van der Waals surface area contributed by atoms with Gasteiger partial charge in [-0.3, -0.25) is 0 Å². The molecule has 1 aliphatic heterocycles. The van der Waals surface area contributed by atoms with Gasteiger partial charge in [-0.15, -0.1) is 6.58 Å². The van der Waals surface area contributed by atoms with Crippen LogP contribution in [0.1, 0.15) is 19.8 Å². The van der Waals surface area contributed by atoms with Gasteiger partial charge in [0.25, 0.3) is 0 Å². The molecule has 0 saturated carbocycles. The van der Waals surface area contributed by atoms with Gasteiger partial charge in [0, 0.05) is 13.2 Å². The van der Waals surface area contributed by atoms with E-state index in [4.69, 9.17) is 4.74 Å². The van der Waals surface area contributed by atoms with Crippen LogP contribution in [0.4, 0.5) is 0 Å². The molecule has 0 aromatic rings. The van der Waals surface area contributed by atoms with E-state index in [0.717, 1.165) is 26.1 Å². The van der Waals surface area contributed by atoms with Crippen LogP contribution in [0.15, 0.2) is 12.7 Å². The summed E-state index contributed by atoms with van der Waals surface area (Å²) in [6.45, 7) is 7.85. The molecule has 1 fully saturated rings. The molecule has 0 N–H and O–H groups in total. The van der Waals surface area contributed by atoms with Gasteiger partial charge >= 0.3 is 0 Å². The summed E-state index contributed by atoms with van der Waals surface area (Å²) in [5.41, 5.74) is 0.359. The molecule has 0 aliphatic carbocycles. The standard InChI is InChI=1S/C8H14O/c1-3-8(2)4-6-9-7-5-8/h3H,1,4-7H2,2H3. The lowest BCUT2D eigenvalue weighted by Crippen LogP contribution is -2.23. The van der Waals surface area contributed by atoms with Crippen molar-refractivity contribution in [3.05, 3.63) is 12.7 Å². The highest BCUT2D eigenvalue weighted by atomic mass is 16.5. The van der Waals surface area contributed by atoms with Gasteiger partial charge in [0.1, 0.15) is 0 Å². The third-order valence-corrected chi connectivity index (χ3v) is 2.13. The predicted octanol–water partition coefficient (Wildman–Crippen LogP) is 1.99. The summed E-state index contributed by atoms with van der Waals surface area (Å²) in [5.74, 6) is 0. The molecule has 1 aliphatic rings. The zero-order valence-corrected chi connectivity index (χ0v) is 6.02. The quantitative estimate of drug-likeness (QED) is 0.488. The van der Waals surface area contributed by atoms with Crippen LogP contribution in [-0.2, 0) is 4.74 Å². The molecule has 1 nitrogen and oxygen atoms in total. The van der Waals surface area contributed by atoms with E-state index in [9.17, 15) is 0 Å². The fraction of sp³-hybridized carbons (Fsp3) is 0.750. The van der Waals surface area contributed by atoms with Gasteiger partial charge in [0.05, 0.1) is 0 Å². The Hall–Kier alpha value is -0.300. The van der Waals surface area contributed by atoms with E-state index in [1.165, 1.54) is 0 Å². The largest absolute Gasteiger partial charge is 0.381 e. The summed E-state index contributed by atoms with van der Waals surface area (Å²) < 4.78 is 5.22. The Bertz CT molecular complexity index is 101. The summed E-state index contributed by atoms with van der Waals surface area (Å²) in [4.78, 5) is 0. The zero-order valence-electron chi connectivity index (χ0n) is 6.02. The smallest absolute Gasteiger partial charge is 0.0474 e. The molecule has 0 atom stereocenters. The highest BCUT2D eigenvalue weighted by Crippen LogP contribution is 2.30. The van der Waals surface area contributed by atoms with Crippen molar-refractivity contribution in [3.8, 4) is 0 Å². The van der Waals surface area contributed by atoms with Gasteiger partial charge < -0.3 is 4.74 Å². The fourth-order valence-corrected chi connectivity index (χ4v) is 1.04. The van der Waals surface area contributed by atoms with Crippen LogP contribution in [-0.4, -0.2) is 13.2 Å². The van der Waals surface area contributed by atoms with Gasteiger partial charge in [-0.2, -0.15) is 0 Å². The Morgan fingerprint density at radius 2 is 2.00 bits per heavy atom. The van der Waals surface area contributed by atoms with E-state index < -0.39 is 0 Å². The highest BCUT2D eigenvalue weighted by molar-refractivity contribution is 4.92. The number of rotatable bonds is 1.